The van der Waals surface area contributed by atoms with Crippen molar-refractivity contribution in [1.29, 1.82) is 5.26 Å². The van der Waals surface area contributed by atoms with Gasteiger partial charge in [-0.25, -0.2) is 0 Å². The van der Waals surface area contributed by atoms with Crippen LogP contribution in [0.25, 0.3) is 0 Å². The van der Waals surface area contributed by atoms with E-state index in [0.29, 0.717) is 0 Å². The van der Waals surface area contributed by atoms with Gasteiger partial charge in [-0.1, -0.05) is 13.8 Å². The lowest BCUT2D eigenvalue weighted by molar-refractivity contribution is -0.145. The lowest BCUT2D eigenvalue weighted by Crippen LogP contribution is -2.16. The van der Waals surface area contributed by atoms with E-state index in [1.165, 1.54) is 14.2 Å². The Morgan fingerprint density at radius 1 is 0.952 bits per heavy atom. The van der Waals surface area contributed by atoms with Crippen LogP contribution in [0.1, 0.15) is 27.7 Å². The summed E-state index contributed by atoms with van der Waals surface area (Å²) in [6.45, 7) is 7.66. The van der Waals surface area contributed by atoms with E-state index in [1.807, 2.05) is 19.9 Å². The second-order valence-electron chi connectivity index (χ2n) is 4.78. The van der Waals surface area contributed by atoms with Crippen LogP contribution < -0.4 is 0 Å². The molecule has 0 saturated heterocycles. The molecule has 2 atom stereocenters. The normalized spacial score (nSPS) is 12.9. The summed E-state index contributed by atoms with van der Waals surface area (Å²) < 4.78 is 9.06. The molecule has 7 heteroatoms. The molecule has 0 bridgehead atoms. The summed E-state index contributed by atoms with van der Waals surface area (Å²) in [5.41, 5.74) is 0. The summed E-state index contributed by atoms with van der Waals surface area (Å²) in [5.74, 6) is -1.08. The molecular formula is C14H25N3O4. The molecule has 21 heavy (non-hydrogen) atoms. The van der Waals surface area contributed by atoms with Crippen molar-refractivity contribution in [2.75, 3.05) is 27.3 Å². The number of methoxy groups -OCH3 is 2. The number of rotatable bonds is 6. The minimum atomic E-state index is -0.319. The molecule has 0 aromatic carbocycles. The lowest BCUT2D eigenvalue weighted by Gasteiger charge is -2.05. The average Bonchev–Trinajstić information content (AvgIpc) is 2.49. The van der Waals surface area contributed by atoms with E-state index < -0.39 is 0 Å². The Labute approximate surface area is 126 Å². The van der Waals surface area contributed by atoms with E-state index in [-0.39, 0.29) is 42.8 Å². The maximum atomic E-state index is 11.0. The maximum absolute atomic E-state index is 11.0. The molecule has 0 aliphatic heterocycles. The number of hydrogen-bond acceptors (Lipinski definition) is 7. The van der Waals surface area contributed by atoms with Crippen LogP contribution in [0.4, 0.5) is 0 Å². The van der Waals surface area contributed by atoms with Gasteiger partial charge in [-0.3, -0.25) is 9.59 Å². The molecule has 0 aromatic heterocycles. The molecule has 0 N–H and O–H groups in total. The molecule has 7 nitrogen and oxygen atoms in total. The van der Waals surface area contributed by atoms with Crippen molar-refractivity contribution < 1.29 is 19.1 Å². The number of carbonyl (C=O) groups excluding carboxylic acids is 2. The summed E-state index contributed by atoms with van der Waals surface area (Å²) in [6.07, 6.45) is 0. The van der Waals surface area contributed by atoms with E-state index in [4.69, 9.17) is 5.26 Å². The van der Waals surface area contributed by atoms with Crippen LogP contribution >= 0.6 is 0 Å². The maximum Gasteiger partial charge on any atom is 0.310 e. The van der Waals surface area contributed by atoms with Crippen LogP contribution in [0.2, 0.25) is 0 Å². The molecule has 0 aromatic rings. The summed E-state index contributed by atoms with van der Waals surface area (Å²) in [7, 11) is 2.66. The van der Waals surface area contributed by atoms with Crippen LogP contribution in [0.5, 0.6) is 0 Å². The fraction of sp³-hybridized carbons (Fsp3) is 0.786. The van der Waals surface area contributed by atoms with E-state index in [2.05, 4.69) is 19.7 Å². The second kappa shape index (κ2) is 13.0. The molecule has 0 rings (SSSR count). The third-order valence-corrected chi connectivity index (χ3v) is 2.28. The number of azo groups is 1. The fourth-order valence-electron chi connectivity index (χ4n) is 0.912. The van der Waals surface area contributed by atoms with E-state index in [9.17, 15) is 9.59 Å². The Kier molecular flexibility index (Phi) is 13.2. The van der Waals surface area contributed by atoms with Crippen LogP contribution in [0.15, 0.2) is 10.2 Å². The van der Waals surface area contributed by atoms with Crippen molar-refractivity contribution >= 4 is 11.9 Å². The Hall–Kier alpha value is -1.97. The van der Waals surface area contributed by atoms with Gasteiger partial charge in [0, 0.05) is 5.92 Å². The van der Waals surface area contributed by atoms with Gasteiger partial charge in [-0.05, 0) is 13.8 Å². The molecule has 120 valence electrons. The highest BCUT2D eigenvalue weighted by molar-refractivity contribution is 5.72. The monoisotopic (exact) mass is 299 g/mol. The van der Waals surface area contributed by atoms with Crippen LogP contribution in [-0.4, -0.2) is 39.2 Å². The summed E-state index contributed by atoms with van der Waals surface area (Å²) in [5, 5.41) is 15.5. The third-order valence-electron chi connectivity index (χ3n) is 2.28. The van der Waals surface area contributed by atoms with E-state index in [0.717, 1.165) is 0 Å². The molecule has 0 amide bonds. The smallest absolute Gasteiger partial charge is 0.310 e. The fourth-order valence-corrected chi connectivity index (χ4v) is 0.912. The molecule has 0 fully saturated rings. The number of esters is 2. The van der Waals surface area contributed by atoms with Gasteiger partial charge in [0.2, 0.25) is 0 Å². The standard InChI is InChI=1S/C10H18N2O4.C4H7N/c1-7(9(13)15-3)5-11-12-6-8(2)10(14)16-4;1-4(2)3-5/h7-8H,5-6H2,1-4H3;4H,1-2H3. The summed E-state index contributed by atoms with van der Waals surface area (Å²) in [6, 6.07) is 2.03. The molecule has 0 aliphatic carbocycles. The SMILES string of the molecule is CC(C)C#N.COC(=O)C(C)CN=NCC(C)C(=O)OC. The first-order valence-electron chi connectivity index (χ1n) is 6.68. The van der Waals surface area contributed by atoms with Gasteiger partial charge in [0.25, 0.3) is 0 Å². The second-order valence-corrected chi connectivity index (χ2v) is 4.78. The van der Waals surface area contributed by atoms with Crippen molar-refractivity contribution in [3.8, 4) is 6.07 Å². The van der Waals surface area contributed by atoms with Crippen molar-refractivity contribution in [3.05, 3.63) is 0 Å². The molecular weight excluding hydrogens is 274 g/mol. The Morgan fingerprint density at radius 2 is 1.24 bits per heavy atom. The zero-order valence-electron chi connectivity index (χ0n) is 13.6. The molecule has 0 aliphatic rings. The number of nitriles is 1. The van der Waals surface area contributed by atoms with Crippen molar-refractivity contribution in [3.63, 3.8) is 0 Å². The Balaban J connectivity index is 0. The zero-order valence-corrected chi connectivity index (χ0v) is 13.6. The predicted octanol–water partition coefficient (Wildman–Crippen LogP) is 2.22. The van der Waals surface area contributed by atoms with Crippen molar-refractivity contribution in [2.24, 2.45) is 28.0 Å². The first-order chi connectivity index (χ1) is 9.79. The number of nitrogens with zero attached hydrogens (tertiary/aromatic N) is 3. The first-order valence-corrected chi connectivity index (χ1v) is 6.68. The average molecular weight is 299 g/mol. The van der Waals surface area contributed by atoms with Gasteiger partial charge < -0.3 is 9.47 Å². The Morgan fingerprint density at radius 3 is 1.43 bits per heavy atom. The van der Waals surface area contributed by atoms with Crippen molar-refractivity contribution in [2.45, 2.75) is 27.7 Å². The van der Waals surface area contributed by atoms with Gasteiger partial charge >= 0.3 is 11.9 Å². The highest BCUT2D eigenvalue weighted by Crippen LogP contribution is 2.01. The number of carbonyl (C=O) groups is 2. The minimum Gasteiger partial charge on any atom is -0.469 e. The minimum absolute atomic E-state index is 0.190. The molecule has 0 heterocycles. The van der Waals surface area contributed by atoms with Crippen LogP contribution in [0.3, 0.4) is 0 Å². The Bertz CT molecular complexity index is 349. The van der Waals surface area contributed by atoms with Gasteiger partial charge in [-0.15, -0.1) is 0 Å². The van der Waals surface area contributed by atoms with Gasteiger partial charge in [0.1, 0.15) is 0 Å². The lowest BCUT2D eigenvalue weighted by atomic mass is 10.2. The summed E-state index contributed by atoms with van der Waals surface area (Å²) in [4.78, 5) is 22.0. The van der Waals surface area contributed by atoms with E-state index >= 15 is 0 Å². The third kappa shape index (κ3) is 12.8. The van der Waals surface area contributed by atoms with Crippen molar-refractivity contribution in [1.82, 2.24) is 0 Å². The quantitative estimate of drug-likeness (QED) is 0.553. The zero-order chi connectivity index (χ0) is 16.8. The van der Waals surface area contributed by atoms with E-state index in [1.54, 1.807) is 13.8 Å². The number of ether oxygens (including phenoxy) is 2. The molecule has 0 spiro atoms. The van der Waals surface area contributed by atoms with Gasteiger partial charge in [0.05, 0.1) is 45.2 Å². The highest BCUT2D eigenvalue weighted by atomic mass is 16.5. The first kappa shape index (κ1) is 21.3. The summed E-state index contributed by atoms with van der Waals surface area (Å²) >= 11 is 0. The highest BCUT2D eigenvalue weighted by Gasteiger charge is 2.13. The molecule has 0 radical (unpaired) electrons. The van der Waals surface area contributed by atoms with Crippen LogP contribution in [0, 0.1) is 29.1 Å². The molecule has 0 saturated carbocycles. The topological polar surface area (TPSA) is 101 Å². The largest absolute Gasteiger partial charge is 0.469 e. The van der Waals surface area contributed by atoms with Gasteiger partial charge in [0.15, 0.2) is 0 Å². The molecule has 2 unspecified atom stereocenters. The number of hydrogen-bond donors (Lipinski definition) is 0. The van der Waals surface area contributed by atoms with Crippen LogP contribution in [-0.2, 0) is 19.1 Å². The van der Waals surface area contributed by atoms with Gasteiger partial charge in [-0.2, -0.15) is 15.5 Å². The predicted molar refractivity (Wildman–Crippen MR) is 77.4 cm³/mol.